The molecule has 0 aliphatic carbocycles. The summed E-state index contributed by atoms with van der Waals surface area (Å²) in [5.74, 6) is -0.856. The van der Waals surface area contributed by atoms with Gasteiger partial charge in [-0.1, -0.05) is 18.2 Å². The minimum absolute atomic E-state index is 0.210. The van der Waals surface area contributed by atoms with Crippen LogP contribution in [0.15, 0.2) is 42.7 Å². The number of hydrogen-bond donors (Lipinski definition) is 3. The van der Waals surface area contributed by atoms with Gasteiger partial charge in [-0.3, -0.25) is 9.78 Å². The highest BCUT2D eigenvalue weighted by Gasteiger charge is 2.03. The van der Waals surface area contributed by atoms with Gasteiger partial charge in [-0.15, -0.1) is 0 Å². The Balaban J connectivity index is 2.16. The Kier molecular flexibility index (Phi) is 5.40. The van der Waals surface area contributed by atoms with Crippen molar-refractivity contribution in [2.45, 2.75) is 6.42 Å². The van der Waals surface area contributed by atoms with Gasteiger partial charge in [-0.2, -0.15) is 0 Å². The van der Waals surface area contributed by atoms with Gasteiger partial charge in [0.2, 0.25) is 5.91 Å². The van der Waals surface area contributed by atoms with Crippen molar-refractivity contribution < 1.29 is 14.7 Å². The van der Waals surface area contributed by atoms with Crippen LogP contribution in [0.5, 0.6) is 0 Å². The molecule has 23 heavy (non-hydrogen) atoms. The Bertz CT molecular complexity index is 744. The van der Waals surface area contributed by atoms with E-state index in [1.165, 1.54) is 6.08 Å². The lowest BCUT2D eigenvalue weighted by atomic mass is 10.1. The smallest absolute Gasteiger partial charge is 0.328 e. The highest BCUT2D eigenvalue weighted by atomic mass is 16.4. The molecule has 0 saturated heterocycles. The Morgan fingerprint density at radius 2 is 2.13 bits per heavy atom. The largest absolute Gasteiger partial charge is 0.478 e. The zero-order chi connectivity index (χ0) is 16.7. The third-order valence-electron chi connectivity index (χ3n) is 2.91. The first-order chi connectivity index (χ1) is 11.0. The van der Waals surface area contributed by atoms with Gasteiger partial charge >= 0.3 is 5.97 Å². The molecule has 2 rings (SSSR count). The molecule has 1 amide bonds. The molecule has 0 aliphatic heterocycles. The van der Waals surface area contributed by atoms with Crippen molar-refractivity contribution >= 4 is 23.8 Å². The number of aromatic nitrogens is 2. The van der Waals surface area contributed by atoms with E-state index in [-0.39, 0.29) is 12.3 Å². The maximum Gasteiger partial charge on any atom is 0.328 e. The normalized spacial score (nSPS) is 10.6. The molecule has 7 nitrogen and oxygen atoms in total. The second-order valence-electron chi connectivity index (χ2n) is 4.73. The van der Waals surface area contributed by atoms with Crippen LogP contribution in [0.3, 0.4) is 0 Å². The second-order valence-corrected chi connectivity index (χ2v) is 4.73. The van der Waals surface area contributed by atoms with Crippen LogP contribution in [-0.4, -0.2) is 33.5 Å². The van der Waals surface area contributed by atoms with Gasteiger partial charge in [0.25, 0.3) is 0 Å². The summed E-state index contributed by atoms with van der Waals surface area (Å²) < 4.78 is 0. The van der Waals surface area contributed by atoms with Crippen LogP contribution in [-0.2, 0) is 9.59 Å². The summed E-state index contributed by atoms with van der Waals surface area (Å²) in [6.45, 7) is 0.384. The topological polar surface area (TPSA) is 118 Å². The van der Waals surface area contributed by atoms with Gasteiger partial charge in [0.1, 0.15) is 5.82 Å². The Hall–Kier alpha value is -3.22. The van der Waals surface area contributed by atoms with Crippen LogP contribution in [0.4, 0.5) is 5.82 Å². The third kappa shape index (κ3) is 5.24. The molecule has 1 aromatic heterocycles. The summed E-state index contributed by atoms with van der Waals surface area (Å²) in [7, 11) is 0. The summed E-state index contributed by atoms with van der Waals surface area (Å²) in [6, 6.07) is 7.28. The maximum absolute atomic E-state index is 10.7. The molecule has 4 N–H and O–H groups in total. The van der Waals surface area contributed by atoms with Crippen LogP contribution in [0, 0.1) is 0 Å². The summed E-state index contributed by atoms with van der Waals surface area (Å²) in [6.07, 6.45) is 5.96. The number of benzene rings is 1. The van der Waals surface area contributed by atoms with Gasteiger partial charge in [-0.25, -0.2) is 9.78 Å². The number of hydrogen-bond acceptors (Lipinski definition) is 5. The molecule has 1 aromatic carbocycles. The number of aliphatic carboxylic acids is 1. The van der Waals surface area contributed by atoms with E-state index in [9.17, 15) is 9.59 Å². The lowest BCUT2D eigenvalue weighted by Crippen LogP contribution is -2.16. The average Bonchev–Trinajstić information content (AvgIpc) is 2.53. The van der Waals surface area contributed by atoms with Crippen LogP contribution in [0.25, 0.3) is 17.3 Å². The van der Waals surface area contributed by atoms with Gasteiger partial charge in [0.15, 0.2) is 0 Å². The van der Waals surface area contributed by atoms with Crippen molar-refractivity contribution in [2.75, 3.05) is 11.9 Å². The fourth-order valence-electron chi connectivity index (χ4n) is 1.87. The van der Waals surface area contributed by atoms with Crippen molar-refractivity contribution in [3.63, 3.8) is 0 Å². The number of carbonyl (C=O) groups excluding carboxylic acids is 1. The van der Waals surface area contributed by atoms with Crippen LogP contribution >= 0.6 is 0 Å². The highest BCUT2D eigenvalue weighted by molar-refractivity contribution is 5.85. The van der Waals surface area contributed by atoms with Gasteiger partial charge in [-0.05, 0) is 17.7 Å². The molecule has 118 valence electrons. The number of amides is 1. The third-order valence-corrected chi connectivity index (χ3v) is 2.91. The first-order valence-corrected chi connectivity index (χ1v) is 6.90. The van der Waals surface area contributed by atoms with E-state index >= 15 is 0 Å². The highest BCUT2D eigenvalue weighted by Crippen LogP contribution is 2.19. The van der Waals surface area contributed by atoms with Gasteiger partial charge in [0, 0.05) is 24.6 Å². The van der Waals surface area contributed by atoms with E-state index in [1.807, 2.05) is 18.2 Å². The van der Waals surface area contributed by atoms with Crippen molar-refractivity contribution in [2.24, 2.45) is 5.73 Å². The molecular formula is C16H16N4O3. The molecule has 1 heterocycles. The minimum atomic E-state index is -1.00. The van der Waals surface area contributed by atoms with Gasteiger partial charge < -0.3 is 16.2 Å². The van der Waals surface area contributed by atoms with Crippen molar-refractivity contribution in [1.82, 2.24) is 9.97 Å². The van der Waals surface area contributed by atoms with Crippen LogP contribution < -0.4 is 11.1 Å². The van der Waals surface area contributed by atoms with E-state index in [1.54, 1.807) is 18.5 Å². The number of primary amides is 1. The average molecular weight is 312 g/mol. The summed E-state index contributed by atoms with van der Waals surface area (Å²) in [5.41, 5.74) is 7.28. The number of carboxylic acid groups (broad SMARTS) is 1. The van der Waals surface area contributed by atoms with Crippen molar-refractivity contribution in [1.29, 1.82) is 0 Å². The van der Waals surface area contributed by atoms with E-state index in [4.69, 9.17) is 10.8 Å². The van der Waals surface area contributed by atoms with E-state index < -0.39 is 5.97 Å². The molecule has 0 bridgehead atoms. The molecule has 7 heteroatoms. The molecule has 0 fully saturated rings. The number of carbonyl (C=O) groups is 2. The van der Waals surface area contributed by atoms with Crippen LogP contribution in [0.2, 0.25) is 0 Å². The summed E-state index contributed by atoms with van der Waals surface area (Å²) in [5, 5.41) is 11.6. The number of nitrogens with zero attached hydrogens (tertiary/aromatic N) is 2. The fraction of sp³-hybridized carbons (Fsp3) is 0.125. The predicted octanol–water partition coefficient (Wildman–Crippen LogP) is 1.53. The zero-order valence-corrected chi connectivity index (χ0v) is 12.3. The quantitative estimate of drug-likeness (QED) is 0.667. The first-order valence-electron chi connectivity index (χ1n) is 6.90. The maximum atomic E-state index is 10.7. The van der Waals surface area contributed by atoms with Crippen LogP contribution in [0.1, 0.15) is 12.0 Å². The number of rotatable bonds is 7. The van der Waals surface area contributed by atoms with E-state index in [2.05, 4.69) is 15.3 Å². The Labute approximate surface area is 132 Å². The molecule has 2 aromatic rings. The van der Waals surface area contributed by atoms with E-state index in [0.29, 0.717) is 18.1 Å². The minimum Gasteiger partial charge on any atom is -0.478 e. The fourth-order valence-corrected chi connectivity index (χ4v) is 1.87. The molecule has 0 atom stereocenters. The Morgan fingerprint density at radius 3 is 2.87 bits per heavy atom. The summed E-state index contributed by atoms with van der Waals surface area (Å²) >= 11 is 0. The van der Waals surface area contributed by atoms with E-state index in [0.717, 1.165) is 17.2 Å². The molecule has 0 radical (unpaired) electrons. The SMILES string of the molecule is NC(=O)CCNc1cncc(-c2cccc(/C=C/C(=O)O)c2)n1. The number of anilines is 1. The van der Waals surface area contributed by atoms with Crippen molar-refractivity contribution in [3.8, 4) is 11.3 Å². The molecule has 0 aliphatic rings. The lowest BCUT2D eigenvalue weighted by molar-refractivity contribution is -0.131. The predicted molar refractivity (Wildman–Crippen MR) is 86.4 cm³/mol. The number of nitrogens with two attached hydrogens (primary N) is 1. The molecule has 0 unspecified atom stereocenters. The summed E-state index contributed by atoms with van der Waals surface area (Å²) in [4.78, 5) is 29.8. The van der Waals surface area contributed by atoms with Gasteiger partial charge in [0.05, 0.1) is 18.1 Å². The zero-order valence-electron chi connectivity index (χ0n) is 12.3. The molecular weight excluding hydrogens is 296 g/mol. The first kappa shape index (κ1) is 16.2. The molecule has 0 spiro atoms. The number of carboxylic acids is 1. The standard InChI is InChI=1S/C16H16N4O3/c17-14(21)6-7-19-15-10-18-9-13(20-15)12-3-1-2-11(8-12)4-5-16(22)23/h1-5,8-10H,6-7H2,(H2,17,21)(H,19,20)(H,22,23)/b5-4+. The second kappa shape index (κ2) is 7.69. The molecule has 0 saturated carbocycles. The van der Waals surface area contributed by atoms with Crippen molar-refractivity contribution in [3.05, 3.63) is 48.3 Å². The number of nitrogens with one attached hydrogen (secondary N) is 1. The Morgan fingerprint density at radius 1 is 1.30 bits per heavy atom. The monoisotopic (exact) mass is 312 g/mol. The lowest BCUT2D eigenvalue weighted by Gasteiger charge is -2.06.